The monoisotopic (exact) mass is 296 g/mol. The third kappa shape index (κ3) is 1.93. The normalized spacial score (nSPS) is 21.0. The van der Waals surface area contributed by atoms with Crippen molar-refractivity contribution in [3.8, 4) is 5.75 Å². The first-order chi connectivity index (χ1) is 10.5. The maximum atomic E-state index is 10.3. The van der Waals surface area contributed by atoms with Gasteiger partial charge in [0.2, 0.25) is 0 Å². The van der Waals surface area contributed by atoms with Gasteiger partial charge in [-0.2, -0.15) is 0 Å². The van der Waals surface area contributed by atoms with Crippen LogP contribution in [0.25, 0.3) is 21.9 Å². The molecule has 1 aliphatic rings. The summed E-state index contributed by atoms with van der Waals surface area (Å²) in [6.07, 6.45) is -0.0475. The molecule has 0 spiro atoms. The summed E-state index contributed by atoms with van der Waals surface area (Å²) in [5.74, 6) is 0.126. The van der Waals surface area contributed by atoms with Crippen LogP contribution < -0.4 is 5.46 Å². The Morgan fingerprint density at radius 1 is 1.09 bits per heavy atom. The van der Waals surface area contributed by atoms with Crippen LogP contribution in [-0.4, -0.2) is 23.9 Å². The zero-order valence-corrected chi connectivity index (χ0v) is 12.8. The number of phenolic OH excluding ortho intramolecular Hbond substituents is 1. The second kappa shape index (κ2) is 4.51. The van der Waals surface area contributed by atoms with E-state index in [0.717, 1.165) is 16.4 Å². The molecule has 1 atom stereocenters. The zero-order valence-electron chi connectivity index (χ0n) is 12.8. The largest absolute Gasteiger partial charge is 0.508 e. The van der Waals surface area contributed by atoms with Crippen LogP contribution in [0.15, 0.2) is 40.8 Å². The summed E-state index contributed by atoms with van der Waals surface area (Å²) in [5, 5.41) is 12.3. The van der Waals surface area contributed by atoms with Crippen LogP contribution in [0.5, 0.6) is 5.75 Å². The first-order valence-corrected chi connectivity index (χ1v) is 7.43. The van der Waals surface area contributed by atoms with Gasteiger partial charge in [-0.15, -0.1) is 0 Å². The SMILES string of the molecule is CC1OB(c2cc3c(cc2O)oc2ccccc23)OC1(C)C. The van der Waals surface area contributed by atoms with Crippen LogP contribution in [0.2, 0.25) is 0 Å². The topological polar surface area (TPSA) is 51.8 Å². The number of phenols is 1. The Bertz CT molecular complexity index is 868. The van der Waals surface area contributed by atoms with Gasteiger partial charge in [0.05, 0.1) is 11.7 Å². The van der Waals surface area contributed by atoms with Crippen molar-refractivity contribution >= 4 is 34.5 Å². The molecule has 0 saturated carbocycles. The Labute approximate surface area is 128 Å². The third-order valence-electron chi connectivity index (χ3n) is 4.50. The maximum Gasteiger partial charge on any atom is 0.498 e. The lowest BCUT2D eigenvalue weighted by molar-refractivity contribution is 0.0842. The molecule has 1 fully saturated rings. The fraction of sp³-hybridized carbons (Fsp3) is 0.294. The van der Waals surface area contributed by atoms with E-state index in [4.69, 9.17) is 13.7 Å². The molecule has 2 aromatic carbocycles. The first kappa shape index (κ1) is 13.7. The summed E-state index contributed by atoms with van der Waals surface area (Å²) in [4.78, 5) is 0. The van der Waals surface area contributed by atoms with Gasteiger partial charge in [0, 0.05) is 22.3 Å². The predicted molar refractivity (Wildman–Crippen MR) is 86.5 cm³/mol. The molecule has 1 aromatic heterocycles. The van der Waals surface area contributed by atoms with E-state index in [2.05, 4.69) is 0 Å². The van der Waals surface area contributed by atoms with Crippen LogP contribution in [0, 0.1) is 0 Å². The lowest BCUT2D eigenvalue weighted by atomic mass is 9.77. The number of rotatable bonds is 1. The molecule has 1 unspecified atom stereocenters. The van der Waals surface area contributed by atoms with Gasteiger partial charge in [0.15, 0.2) is 0 Å². The molecule has 2 heterocycles. The number of fused-ring (bicyclic) bond motifs is 3. The second-order valence-electron chi connectivity index (χ2n) is 6.34. The average Bonchev–Trinajstić information content (AvgIpc) is 2.95. The van der Waals surface area contributed by atoms with Crippen molar-refractivity contribution in [2.75, 3.05) is 0 Å². The second-order valence-corrected chi connectivity index (χ2v) is 6.34. The van der Waals surface area contributed by atoms with Gasteiger partial charge >= 0.3 is 7.12 Å². The van der Waals surface area contributed by atoms with Gasteiger partial charge in [-0.05, 0) is 32.9 Å². The minimum atomic E-state index is -0.567. The number of para-hydroxylation sites is 1. The highest BCUT2D eigenvalue weighted by molar-refractivity contribution is 6.63. The van der Waals surface area contributed by atoms with Crippen molar-refractivity contribution in [1.29, 1.82) is 0 Å². The van der Waals surface area contributed by atoms with E-state index < -0.39 is 7.12 Å². The molecule has 1 saturated heterocycles. The molecule has 112 valence electrons. The molecular weight excluding hydrogens is 279 g/mol. The molecule has 1 aliphatic heterocycles. The summed E-state index contributed by atoms with van der Waals surface area (Å²) in [5.41, 5.74) is 1.71. The van der Waals surface area contributed by atoms with Crippen LogP contribution in [-0.2, 0) is 9.31 Å². The van der Waals surface area contributed by atoms with Crippen molar-refractivity contribution in [1.82, 2.24) is 0 Å². The smallest absolute Gasteiger partial charge is 0.498 e. The van der Waals surface area contributed by atoms with E-state index in [0.29, 0.717) is 11.0 Å². The first-order valence-electron chi connectivity index (χ1n) is 7.43. The molecule has 1 N–H and O–H groups in total. The van der Waals surface area contributed by atoms with Crippen LogP contribution in [0.1, 0.15) is 20.8 Å². The molecule has 3 aromatic rings. The Balaban J connectivity index is 1.88. The van der Waals surface area contributed by atoms with Crippen molar-refractivity contribution < 1.29 is 18.8 Å². The fourth-order valence-corrected chi connectivity index (χ4v) is 2.85. The minimum absolute atomic E-state index is 0.0475. The Hall–Kier alpha value is -1.98. The summed E-state index contributed by atoms with van der Waals surface area (Å²) < 4.78 is 17.6. The minimum Gasteiger partial charge on any atom is -0.508 e. The standard InChI is InChI=1S/C17H17BO4/c1-10-17(2,3)22-18(21-10)13-8-12-11-6-4-5-7-15(11)20-16(12)9-14(13)19/h4-10,19H,1-3H3. The summed E-state index contributed by atoms with van der Waals surface area (Å²) in [6, 6.07) is 11.4. The van der Waals surface area contributed by atoms with E-state index in [1.807, 2.05) is 51.1 Å². The molecule has 4 nitrogen and oxygen atoms in total. The highest BCUT2D eigenvalue weighted by atomic mass is 16.7. The number of hydrogen-bond donors (Lipinski definition) is 1. The van der Waals surface area contributed by atoms with Crippen LogP contribution >= 0.6 is 0 Å². The van der Waals surface area contributed by atoms with E-state index in [9.17, 15) is 5.11 Å². The Morgan fingerprint density at radius 3 is 2.59 bits per heavy atom. The Kier molecular flexibility index (Phi) is 2.80. The van der Waals surface area contributed by atoms with Gasteiger partial charge in [0.1, 0.15) is 16.9 Å². The van der Waals surface area contributed by atoms with Crippen LogP contribution in [0.3, 0.4) is 0 Å². The van der Waals surface area contributed by atoms with E-state index in [1.165, 1.54) is 0 Å². The van der Waals surface area contributed by atoms with Crippen molar-refractivity contribution in [3.05, 3.63) is 36.4 Å². The number of benzene rings is 2. The summed E-state index contributed by atoms with van der Waals surface area (Å²) in [7, 11) is -0.567. The quantitative estimate of drug-likeness (QED) is 0.701. The highest BCUT2D eigenvalue weighted by Crippen LogP contribution is 2.32. The van der Waals surface area contributed by atoms with Gasteiger partial charge in [0.25, 0.3) is 0 Å². The lowest BCUT2D eigenvalue weighted by Crippen LogP contribution is -2.34. The van der Waals surface area contributed by atoms with Crippen LogP contribution in [0.4, 0.5) is 0 Å². The number of hydrogen-bond acceptors (Lipinski definition) is 4. The summed E-state index contributed by atoms with van der Waals surface area (Å²) in [6.45, 7) is 5.95. The molecule has 4 rings (SSSR count). The fourth-order valence-electron chi connectivity index (χ4n) is 2.85. The van der Waals surface area contributed by atoms with Crippen molar-refractivity contribution in [2.45, 2.75) is 32.5 Å². The summed E-state index contributed by atoms with van der Waals surface area (Å²) >= 11 is 0. The average molecular weight is 296 g/mol. The van der Waals surface area contributed by atoms with Gasteiger partial charge < -0.3 is 18.8 Å². The predicted octanol–water partition coefficient (Wildman–Crippen LogP) is 3.20. The van der Waals surface area contributed by atoms with Gasteiger partial charge in [-0.1, -0.05) is 18.2 Å². The molecule has 0 bridgehead atoms. The maximum absolute atomic E-state index is 10.3. The zero-order chi connectivity index (χ0) is 15.5. The molecular formula is C17H17BO4. The van der Waals surface area contributed by atoms with Gasteiger partial charge in [-0.3, -0.25) is 0 Å². The number of aromatic hydroxyl groups is 1. The van der Waals surface area contributed by atoms with Crippen molar-refractivity contribution in [3.63, 3.8) is 0 Å². The molecule has 22 heavy (non-hydrogen) atoms. The number of furan rings is 1. The highest BCUT2D eigenvalue weighted by Gasteiger charge is 2.45. The Morgan fingerprint density at radius 2 is 1.86 bits per heavy atom. The molecule has 5 heteroatoms. The third-order valence-corrected chi connectivity index (χ3v) is 4.50. The van der Waals surface area contributed by atoms with E-state index in [-0.39, 0.29) is 17.5 Å². The molecule has 0 radical (unpaired) electrons. The lowest BCUT2D eigenvalue weighted by Gasteiger charge is -2.21. The van der Waals surface area contributed by atoms with Gasteiger partial charge in [-0.25, -0.2) is 0 Å². The van der Waals surface area contributed by atoms with Crippen molar-refractivity contribution in [2.24, 2.45) is 0 Å². The molecule has 0 aliphatic carbocycles. The van der Waals surface area contributed by atoms with E-state index >= 15 is 0 Å². The molecule has 0 amide bonds. The van der Waals surface area contributed by atoms with E-state index in [1.54, 1.807) is 6.07 Å².